The van der Waals surface area contributed by atoms with Crippen molar-refractivity contribution in [2.75, 3.05) is 13.6 Å². The number of urea groups is 1. The fraction of sp³-hybridized carbons (Fsp3) is 0.244. The molecular formula is C41H43N3O4. The summed E-state index contributed by atoms with van der Waals surface area (Å²) in [4.78, 5) is 14.8. The SMILES string of the molecule is CN(Cc1ccccc1)CC1CC(c2ccc(CO)cc2)OC(c2ccc(-c3ccccc3CNC(=O)NCc3ccccc3)cc2)O1. The van der Waals surface area contributed by atoms with Crippen LogP contribution in [0.1, 0.15) is 52.2 Å². The minimum atomic E-state index is -0.532. The van der Waals surface area contributed by atoms with E-state index in [2.05, 4.69) is 77.2 Å². The summed E-state index contributed by atoms with van der Waals surface area (Å²) in [6.45, 7) is 2.48. The van der Waals surface area contributed by atoms with E-state index in [1.165, 1.54) is 5.56 Å². The van der Waals surface area contributed by atoms with Gasteiger partial charge in [0.05, 0.1) is 18.8 Å². The van der Waals surface area contributed by atoms with E-state index < -0.39 is 6.29 Å². The van der Waals surface area contributed by atoms with E-state index in [0.29, 0.717) is 13.1 Å². The molecule has 6 rings (SSSR count). The van der Waals surface area contributed by atoms with Gasteiger partial charge in [0.1, 0.15) is 0 Å². The Bertz CT molecular complexity index is 1730. The maximum atomic E-state index is 12.5. The van der Waals surface area contributed by atoms with E-state index in [1.807, 2.05) is 78.9 Å². The maximum absolute atomic E-state index is 12.5. The molecule has 5 aromatic rings. The molecule has 2 amide bonds. The van der Waals surface area contributed by atoms with Gasteiger partial charge in [-0.2, -0.15) is 0 Å². The van der Waals surface area contributed by atoms with Gasteiger partial charge >= 0.3 is 6.03 Å². The maximum Gasteiger partial charge on any atom is 0.315 e. The molecule has 1 saturated heterocycles. The van der Waals surface area contributed by atoms with Crippen LogP contribution < -0.4 is 10.6 Å². The number of carbonyl (C=O) groups is 1. The molecule has 0 saturated carbocycles. The lowest BCUT2D eigenvalue weighted by Gasteiger charge is -2.38. The first-order chi connectivity index (χ1) is 23.5. The molecule has 3 atom stereocenters. The number of nitrogens with zero attached hydrogens (tertiary/aromatic N) is 1. The predicted molar refractivity (Wildman–Crippen MR) is 189 cm³/mol. The van der Waals surface area contributed by atoms with Gasteiger partial charge in [-0.15, -0.1) is 0 Å². The molecule has 0 radical (unpaired) electrons. The fourth-order valence-electron chi connectivity index (χ4n) is 6.13. The minimum Gasteiger partial charge on any atom is -0.392 e. The second-order valence-corrected chi connectivity index (χ2v) is 12.3. The quantitative estimate of drug-likeness (QED) is 0.131. The second-order valence-electron chi connectivity index (χ2n) is 12.3. The van der Waals surface area contributed by atoms with E-state index >= 15 is 0 Å². The van der Waals surface area contributed by atoms with E-state index in [9.17, 15) is 9.90 Å². The molecule has 1 heterocycles. The summed E-state index contributed by atoms with van der Waals surface area (Å²) >= 11 is 0. The van der Waals surface area contributed by atoms with Crippen LogP contribution >= 0.6 is 0 Å². The van der Waals surface area contributed by atoms with Crippen molar-refractivity contribution < 1.29 is 19.4 Å². The van der Waals surface area contributed by atoms with Crippen LogP contribution in [0.25, 0.3) is 11.1 Å². The molecule has 1 fully saturated rings. The molecular weight excluding hydrogens is 598 g/mol. The number of ether oxygens (including phenoxy) is 2. The first kappa shape index (κ1) is 33.1. The molecule has 3 unspecified atom stereocenters. The molecule has 48 heavy (non-hydrogen) atoms. The van der Waals surface area contributed by atoms with Crippen LogP contribution in [0, 0.1) is 0 Å². The van der Waals surface area contributed by atoms with Gasteiger partial charge in [-0.1, -0.05) is 133 Å². The lowest BCUT2D eigenvalue weighted by Crippen LogP contribution is -2.37. The van der Waals surface area contributed by atoms with Crippen LogP contribution in [-0.2, 0) is 35.7 Å². The zero-order valence-corrected chi connectivity index (χ0v) is 27.3. The Kier molecular flexibility index (Phi) is 11.3. The average molecular weight is 642 g/mol. The normalized spacial score (nSPS) is 17.6. The van der Waals surface area contributed by atoms with Gasteiger partial charge in [-0.3, -0.25) is 4.90 Å². The summed E-state index contributed by atoms with van der Waals surface area (Å²) in [6, 6.07) is 44.5. The van der Waals surface area contributed by atoms with Crippen LogP contribution in [0.2, 0.25) is 0 Å². The fourth-order valence-corrected chi connectivity index (χ4v) is 6.13. The summed E-state index contributed by atoms with van der Waals surface area (Å²) in [5, 5.41) is 15.5. The Labute approximate surface area is 283 Å². The number of hydrogen-bond acceptors (Lipinski definition) is 5. The lowest BCUT2D eigenvalue weighted by molar-refractivity contribution is -0.252. The average Bonchev–Trinajstić information content (AvgIpc) is 3.14. The van der Waals surface area contributed by atoms with Gasteiger partial charge in [0.2, 0.25) is 0 Å². The number of amides is 2. The highest BCUT2D eigenvalue weighted by atomic mass is 16.7. The third-order valence-corrected chi connectivity index (χ3v) is 8.67. The van der Waals surface area contributed by atoms with Crippen LogP contribution in [0.3, 0.4) is 0 Å². The molecule has 0 aromatic heterocycles. The topological polar surface area (TPSA) is 83.1 Å². The zero-order chi connectivity index (χ0) is 33.1. The van der Waals surface area contributed by atoms with Crippen molar-refractivity contribution in [1.82, 2.24) is 15.5 Å². The number of aliphatic hydroxyl groups excluding tert-OH is 1. The monoisotopic (exact) mass is 641 g/mol. The van der Waals surface area contributed by atoms with Crippen molar-refractivity contribution in [3.05, 3.63) is 167 Å². The van der Waals surface area contributed by atoms with Crippen molar-refractivity contribution in [2.24, 2.45) is 0 Å². The van der Waals surface area contributed by atoms with Crippen LogP contribution in [0.4, 0.5) is 4.79 Å². The number of likely N-dealkylation sites (N-methyl/N-ethyl adjacent to an activating group) is 1. The van der Waals surface area contributed by atoms with E-state index in [4.69, 9.17) is 9.47 Å². The first-order valence-electron chi connectivity index (χ1n) is 16.5. The number of aliphatic hydroxyl groups is 1. The highest BCUT2D eigenvalue weighted by molar-refractivity contribution is 5.75. The van der Waals surface area contributed by atoms with Gasteiger partial charge in [0.25, 0.3) is 0 Å². The summed E-state index contributed by atoms with van der Waals surface area (Å²) < 4.78 is 13.2. The number of nitrogens with one attached hydrogen (secondary N) is 2. The van der Waals surface area contributed by atoms with E-state index in [1.54, 1.807) is 0 Å². The summed E-state index contributed by atoms with van der Waals surface area (Å²) in [7, 11) is 2.12. The third-order valence-electron chi connectivity index (χ3n) is 8.67. The standard InChI is InChI=1S/C41H43N3O4/c1-44(27-31-12-6-3-7-13-31)28-37-24-39(34-18-16-32(29-45)17-19-34)48-40(47-37)35-22-20-33(21-23-35)38-15-9-8-14-36(38)26-43-41(46)42-25-30-10-4-2-5-11-30/h2-23,37,39-40,45H,24-29H2,1H3,(H2,42,43,46). The number of carbonyl (C=O) groups excluding carboxylic acids is 1. The van der Waals surface area contributed by atoms with Crippen LogP contribution in [0.5, 0.6) is 0 Å². The summed E-state index contributed by atoms with van der Waals surface area (Å²) in [5.41, 5.74) is 8.34. The smallest absolute Gasteiger partial charge is 0.315 e. The Balaban J connectivity index is 1.14. The number of benzene rings is 5. The largest absolute Gasteiger partial charge is 0.392 e. The minimum absolute atomic E-state index is 0.0113. The van der Waals surface area contributed by atoms with Crippen molar-refractivity contribution in [1.29, 1.82) is 0 Å². The third kappa shape index (κ3) is 8.97. The van der Waals surface area contributed by atoms with Crippen molar-refractivity contribution in [3.8, 4) is 11.1 Å². The Morgan fingerprint density at radius 1 is 0.708 bits per heavy atom. The van der Waals surface area contributed by atoms with Crippen LogP contribution in [0.15, 0.2) is 133 Å². The molecule has 0 aliphatic carbocycles. The molecule has 0 spiro atoms. The molecule has 246 valence electrons. The molecule has 7 heteroatoms. The Morgan fingerprint density at radius 3 is 2.04 bits per heavy atom. The van der Waals surface area contributed by atoms with Crippen LogP contribution in [-0.4, -0.2) is 35.7 Å². The van der Waals surface area contributed by atoms with Gasteiger partial charge in [0, 0.05) is 38.2 Å². The molecule has 1 aliphatic heterocycles. The molecule has 7 nitrogen and oxygen atoms in total. The van der Waals surface area contributed by atoms with Crippen molar-refractivity contribution in [3.63, 3.8) is 0 Å². The Morgan fingerprint density at radius 2 is 1.33 bits per heavy atom. The van der Waals surface area contributed by atoms with Gasteiger partial charge in [-0.05, 0) is 46.0 Å². The summed E-state index contributed by atoms with van der Waals surface area (Å²) in [6.07, 6.45) is 0.00664. The lowest BCUT2D eigenvalue weighted by atomic mass is 9.97. The van der Waals surface area contributed by atoms with Gasteiger partial charge < -0.3 is 25.2 Å². The molecule has 3 N–H and O–H groups in total. The zero-order valence-electron chi connectivity index (χ0n) is 27.3. The molecule has 1 aliphatic rings. The van der Waals surface area contributed by atoms with Crippen molar-refractivity contribution >= 4 is 6.03 Å². The van der Waals surface area contributed by atoms with Gasteiger partial charge in [-0.25, -0.2) is 4.79 Å². The number of hydrogen-bond donors (Lipinski definition) is 3. The van der Waals surface area contributed by atoms with Gasteiger partial charge in [0.15, 0.2) is 6.29 Å². The van der Waals surface area contributed by atoms with E-state index in [0.717, 1.165) is 58.5 Å². The first-order valence-corrected chi connectivity index (χ1v) is 16.5. The van der Waals surface area contributed by atoms with Crippen molar-refractivity contribution in [2.45, 2.75) is 51.2 Å². The second kappa shape index (κ2) is 16.4. The Hall–Kier alpha value is -4.79. The number of rotatable bonds is 12. The molecule has 0 bridgehead atoms. The highest BCUT2D eigenvalue weighted by Crippen LogP contribution is 2.39. The molecule has 5 aromatic carbocycles. The highest BCUT2D eigenvalue weighted by Gasteiger charge is 2.32. The van der Waals surface area contributed by atoms with E-state index in [-0.39, 0.29) is 24.8 Å². The summed E-state index contributed by atoms with van der Waals surface area (Å²) in [5.74, 6) is 0. The predicted octanol–water partition coefficient (Wildman–Crippen LogP) is 7.52.